The molecule has 116 valence electrons. The van der Waals surface area contributed by atoms with Crippen molar-refractivity contribution >= 4 is 15.9 Å². The maximum atomic E-state index is 13.4. The predicted octanol–water partition coefficient (Wildman–Crippen LogP) is 0.137. The summed E-state index contributed by atoms with van der Waals surface area (Å²) < 4.78 is 39.7. The second-order valence-electron chi connectivity index (χ2n) is 4.96. The lowest BCUT2D eigenvalue weighted by Crippen LogP contribution is -2.38. The van der Waals surface area contributed by atoms with Crippen LogP contribution in [0.15, 0.2) is 23.1 Å². The van der Waals surface area contributed by atoms with Gasteiger partial charge in [0.2, 0.25) is 15.9 Å². The van der Waals surface area contributed by atoms with Crippen molar-refractivity contribution in [3.05, 3.63) is 29.6 Å². The van der Waals surface area contributed by atoms with Crippen LogP contribution in [0.3, 0.4) is 0 Å². The molecule has 0 atom stereocenters. The Balaban J connectivity index is 2.35. The molecule has 1 aliphatic heterocycles. The summed E-state index contributed by atoms with van der Waals surface area (Å²) in [7, 11) is -2.19. The highest BCUT2D eigenvalue weighted by molar-refractivity contribution is 7.89. The molecule has 1 amide bonds. The van der Waals surface area contributed by atoms with Crippen LogP contribution in [-0.4, -0.2) is 50.2 Å². The van der Waals surface area contributed by atoms with E-state index >= 15 is 0 Å². The van der Waals surface area contributed by atoms with Gasteiger partial charge in [0.05, 0.1) is 11.4 Å². The van der Waals surface area contributed by atoms with Crippen LogP contribution in [0.4, 0.5) is 4.39 Å². The largest absolute Gasteiger partial charge is 0.345 e. The van der Waals surface area contributed by atoms with Crippen LogP contribution < -0.4 is 5.73 Å². The Morgan fingerprint density at radius 1 is 1.33 bits per heavy atom. The van der Waals surface area contributed by atoms with Gasteiger partial charge in [-0.15, -0.1) is 0 Å². The molecule has 0 spiro atoms. The van der Waals surface area contributed by atoms with Crippen LogP contribution in [0.2, 0.25) is 0 Å². The van der Waals surface area contributed by atoms with E-state index in [1.807, 2.05) is 0 Å². The zero-order valence-corrected chi connectivity index (χ0v) is 12.6. The molecule has 21 heavy (non-hydrogen) atoms. The van der Waals surface area contributed by atoms with Gasteiger partial charge in [-0.2, -0.15) is 4.31 Å². The summed E-state index contributed by atoms with van der Waals surface area (Å²) in [5.74, 6) is -0.791. The van der Waals surface area contributed by atoms with E-state index < -0.39 is 15.8 Å². The molecule has 0 bridgehead atoms. The molecule has 0 aliphatic carbocycles. The van der Waals surface area contributed by atoms with Crippen molar-refractivity contribution in [3.63, 3.8) is 0 Å². The molecule has 0 aromatic heterocycles. The van der Waals surface area contributed by atoms with E-state index in [0.717, 1.165) is 10.4 Å². The topological polar surface area (TPSA) is 83.7 Å². The van der Waals surface area contributed by atoms with E-state index in [-0.39, 0.29) is 36.0 Å². The quantitative estimate of drug-likeness (QED) is 0.860. The molecule has 0 saturated carbocycles. The van der Waals surface area contributed by atoms with Gasteiger partial charge in [-0.1, -0.05) is 0 Å². The van der Waals surface area contributed by atoms with Crippen molar-refractivity contribution in [3.8, 4) is 0 Å². The molecule has 6 nitrogen and oxygen atoms in total. The smallest absolute Gasteiger partial charge is 0.243 e. The molecule has 0 unspecified atom stereocenters. The van der Waals surface area contributed by atoms with Gasteiger partial charge in [0, 0.05) is 32.2 Å². The first-order valence-corrected chi connectivity index (χ1v) is 8.03. The fourth-order valence-corrected chi connectivity index (χ4v) is 3.66. The number of hydrogen-bond donors (Lipinski definition) is 1. The molecule has 1 aromatic carbocycles. The SMILES string of the molecule is CN1CCCN(S(=O)(=O)c2ccc(F)c(CN)c2)CC1=O. The lowest BCUT2D eigenvalue weighted by molar-refractivity contribution is -0.129. The van der Waals surface area contributed by atoms with E-state index in [2.05, 4.69) is 0 Å². The summed E-state index contributed by atoms with van der Waals surface area (Å²) >= 11 is 0. The summed E-state index contributed by atoms with van der Waals surface area (Å²) in [6.07, 6.45) is 0.562. The number of nitrogens with zero attached hydrogens (tertiary/aromatic N) is 2. The number of benzene rings is 1. The van der Waals surface area contributed by atoms with Gasteiger partial charge in [-0.25, -0.2) is 12.8 Å². The summed E-state index contributed by atoms with van der Waals surface area (Å²) in [5, 5.41) is 0. The summed E-state index contributed by atoms with van der Waals surface area (Å²) in [5.41, 5.74) is 5.53. The number of halogens is 1. The van der Waals surface area contributed by atoms with Gasteiger partial charge in [-0.05, 0) is 24.6 Å². The Labute approximate surface area is 123 Å². The Kier molecular flexibility index (Phi) is 4.60. The minimum absolute atomic E-state index is 0.0401. The van der Waals surface area contributed by atoms with Gasteiger partial charge in [0.15, 0.2) is 0 Å². The van der Waals surface area contributed by atoms with Crippen LogP contribution >= 0.6 is 0 Å². The third kappa shape index (κ3) is 3.22. The van der Waals surface area contributed by atoms with E-state index in [0.29, 0.717) is 13.0 Å². The van der Waals surface area contributed by atoms with Crippen molar-refractivity contribution in [1.82, 2.24) is 9.21 Å². The fraction of sp³-hybridized carbons (Fsp3) is 0.462. The Morgan fingerprint density at radius 2 is 2.05 bits per heavy atom. The molecule has 1 heterocycles. The minimum Gasteiger partial charge on any atom is -0.345 e. The number of likely N-dealkylation sites (N-methyl/N-ethyl adjacent to an activating group) is 1. The zero-order valence-electron chi connectivity index (χ0n) is 11.8. The van der Waals surface area contributed by atoms with Crippen LogP contribution in [0.1, 0.15) is 12.0 Å². The van der Waals surface area contributed by atoms with E-state index in [1.54, 1.807) is 7.05 Å². The lowest BCUT2D eigenvalue weighted by atomic mass is 10.2. The maximum absolute atomic E-state index is 13.4. The standard InChI is InChI=1S/C13H18FN3O3S/c1-16-5-2-6-17(9-13(16)18)21(19,20)11-3-4-12(14)10(7-11)8-15/h3-4,7H,2,5-6,8-9,15H2,1H3. The predicted molar refractivity (Wildman–Crippen MR) is 75.3 cm³/mol. The third-order valence-electron chi connectivity index (χ3n) is 3.51. The molecular formula is C13H18FN3O3S. The molecule has 1 aromatic rings. The number of carbonyl (C=O) groups is 1. The van der Waals surface area contributed by atoms with Crippen molar-refractivity contribution in [2.75, 3.05) is 26.7 Å². The average molecular weight is 315 g/mol. The maximum Gasteiger partial charge on any atom is 0.243 e. The Morgan fingerprint density at radius 3 is 2.71 bits per heavy atom. The van der Waals surface area contributed by atoms with E-state index in [9.17, 15) is 17.6 Å². The second kappa shape index (κ2) is 6.08. The van der Waals surface area contributed by atoms with Crippen molar-refractivity contribution in [2.24, 2.45) is 5.73 Å². The first-order valence-electron chi connectivity index (χ1n) is 6.59. The van der Waals surface area contributed by atoms with Crippen LogP contribution in [0, 0.1) is 5.82 Å². The van der Waals surface area contributed by atoms with Crippen molar-refractivity contribution in [2.45, 2.75) is 17.9 Å². The number of amides is 1. The number of sulfonamides is 1. The first kappa shape index (κ1) is 15.9. The Bertz CT molecular complexity index is 648. The van der Waals surface area contributed by atoms with Gasteiger partial charge in [0.1, 0.15) is 5.82 Å². The molecule has 2 rings (SSSR count). The number of nitrogens with two attached hydrogens (primary N) is 1. The van der Waals surface area contributed by atoms with E-state index in [4.69, 9.17) is 5.73 Å². The summed E-state index contributed by atoms with van der Waals surface area (Å²) in [6.45, 7) is 0.487. The van der Waals surface area contributed by atoms with Gasteiger partial charge in [0.25, 0.3) is 0 Å². The normalized spacial score (nSPS) is 17.9. The molecule has 0 radical (unpaired) electrons. The highest BCUT2D eigenvalue weighted by atomic mass is 32.2. The molecule has 1 fully saturated rings. The highest BCUT2D eigenvalue weighted by Crippen LogP contribution is 2.20. The highest BCUT2D eigenvalue weighted by Gasteiger charge is 2.30. The average Bonchev–Trinajstić information content (AvgIpc) is 2.62. The fourth-order valence-electron chi connectivity index (χ4n) is 2.18. The molecule has 8 heteroatoms. The lowest BCUT2D eigenvalue weighted by Gasteiger charge is -2.20. The van der Waals surface area contributed by atoms with Gasteiger partial charge >= 0.3 is 0 Å². The van der Waals surface area contributed by atoms with Crippen LogP contribution in [-0.2, 0) is 21.4 Å². The zero-order chi connectivity index (χ0) is 15.6. The minimum atomic E-state index is -3.83. The third-order valence-corrected chi connectivity index (χ3v) is 5.35. The molecule has 2 N–H and O–H groups in total. The van der Waals surface area contributed by atoms with Crippen LogP contribution in [0.5, 0.6) is 0 Å². The summed E-state index contributed by atoms with van der Waals surface area (Å²) in [6, 6.07) is 3.51. The summed E-state index contributed by atoms with van der Waals surface area (Å²) in [4.78, 5) is 13.3. The first-order chi connectivity index (χ1) is 9.86. The number of hydrogen-bond acceptors (Lipinski definition) is 4. The van der Waals surface area contributed by atoms with Gasteiger partial charge in [-0.3, -0.25) is 4.79 Å². The molecule has 1 saturated heterocycles. The number of rotatable bonds is 3. The van der Waals surface area contributed by atoms with E-state index in [1.165, 1.54) is 17.0 Å². The Hall–Kier alpha value is -1.51. The number of carbonyl (C=O) groups excluding carboxylic acids is 1. The van der Waals surface area contributed by atoms with Crippen LogP contribution in [0.25, 0.3) is 0 Å². The van der Waals surface area contributed by atoms with Gasteiger partial charge < -0.3 is 10.6 Å². The van der Waals surface area contributed by atoms with Crippen molar-refractivity contribution in [1.29, 1.82) is 0 Å². The monoisotopic (exact) mass is 315 g/mol. The molecular weight excluding hydrogens is 297 g/mol. The second-order valence-corrected chi connectivity index (χ2v) is 6.90. The molecule has 1 aliphatic rings. The van der Waals surface area contributed by atoms with Crippen molar-refractivity contribution < 1.29 is 17.6 Å².